The number of benzene rings is 1. The summed E-state index contributed by atoms with van der Waals surface area (Å²) in [6, 6.07) is 9.90. The number of nitrogens with zero attached hydrogens (tertiary/aromatic N) is 3. The van der Waals surface area contributed by atoms with Gasteiger partial charge in [-0.2, -0.15) is 13.2 Å². The number of amides is 1. The number of phosphoric ester groups is 1. The van der Waals surface area contributed by atoms with Crippen molar-refractivity contribution >= 4 is 74.4 Å². The molecular formula is C38H48N5O20P3S. The van der Waals surface area contributed by atoms with Gasteiger partial charge in [-0.15, -0.1) is 0 Å². The third-order valence-corrected chi connectivity index (χ3v) is 14.6. The molecule has 1 fully saturated rings. The van der Waals surface area contributed by atoms with E-state index >= 15 is 0 Å². The molecule has 25 nitrogen and oxygen atoms in total. The first-order chi connectivity index (χ1) is 31.4. The number of pyridine rings is 1. The van der Waals surface area contributed by atoms with Crippen LogP contribution in [-0.2, 0) is 53.0 Å². The Kier molecular flexibility index (Phi) is 17.9. The summed E-state index contributed by atoms with van der Waals surface area (Å²) in [5.74, 6) is -0.340. The Hall–Kier alpha value is -4.75. The molecular weight excluding hydrogens is 971 g/mol. The first kappa shape index (κ1) is 53.2. The number of nitrogens with one attached hydrogen (secondary N) is 2. The van der Waals surface area contributed by atoms with Crippen molar-refractivity contribution in [2.75, 3.05) is 31.1 Å². The summed E-state index contributed by atoms with van der Waals surface area (Å²) in [5.41, 5.74) is -0.335. The summed E-state index contributed by atoms with van der Waals surface area (Å²) >= 11 is 0. The van der Waals surface area contributed by atoms with E-state index in [0.29, 0.717) is 35.9 Å². The number of anilines is 1. The summed E-state index contributed by atoms with van der Waals surface area (Å²) < 4.78 is 95.2. The first-order valence-electron chi connectivity index (χ1n) is 20.3. The predicted octanol–water partition coefficient (Wildman–Crippen LogP) is 2.23. The van der Waals surface area contributed by atoms with E-state index in [9.17, 15) is 60.7 Å². The number of hydrogen-bond acceptors (Lipinski definition) is 17. The van der Waals surface area contributed by atoms with Gasteiger partial charge in [-0.3, -0.25) is 23.7 Å². The van der Waals surface area contributed by atoms with E-state index in [-0.39, 0.29) is 43.0 Å². The van der Waals surface area contributed by atoms with Crippen molar-refractivity contribution in [3.8, 4) is 0 Å². The molecule has 29 heteroatoms. The Morgan fingerprint density at radius 1 is 0.985 bits per heavy atom. The van der Waals surface area contributed by atoms with Gasteiger partial charge in [0.2, 0.25) is 11.6 Å². The second-order valence-electron chi connectivity index (χ2n) is 14.7. The summed E-state index contributed by atoms with van der Waals surface area (Å²) in [7, 11) is -21.7. The highest BCUT2D eigenvalue weighted by molar-refractivity contribution is 7.85. The molecule has 5 atom stereocenters. The monoisotopic (exact) mass is 1020 g/mol. The fourth-order valence-electron chi connectivity index (χ4n) is 6.75. The van der Waals surface area contributed by atoms with Gasteiger partial charge in [0.25, 0.3) is 5.56 Å². The molecule has 2 unspecified atom stereocenters. The summed E-state index contributed by atoms with van der Waals surface area (Å²) in [6.07, 6.45) is 5.18. The second kappa shape index (κ2) is 22.6. The number of carbonyl (C=O) groups excluding carboxylic acids is 1. The highest BCUT2D eigenvalue weighted by Crippen LogP contribution is 2.66. The minimum absolute atomic E-state index is 0.0341. The number of ether oxygens (including phenoxy) is 1. The number of carbonyl (C=O) groups is 1. The lowest BCUT2D eigenvalue weighted by atomic mass is 10.1. The molecule has 1 amide bonds. The minimum Gasteiger partial charge on any atom is -0.744 e. The number of aliphatic hydroxyl groups excluding tert-OH is 1. The molecule has 7 N–H and O–H groups in total. The second-order valence-corrected chi connectivity index (χ2v) is 20.5. The van der Waals surface area contributed by atoms with Gasteiger partial charge in [0.15, 0.2) is 6.20 Å². The normalized spacial score (nSPS) is 18.7. The van der Waals surface area contributed by atoms with Gasteiger partial charge in [0.1, 0.15) is 39.5 Å². The summed E-state index contributed by atoms with van der Waals surface area (Å²) in [4.78, 5) is 90.6. The summed E-state index contributed by atoms with van der Waals surface area (Å²) in [5, 5.41) is 13.8. The van der Waals surface area contributed by atoms with Crippen molar-refractivity contribution < 1.29 is 83.0 Å². The SMILES string of the molecule is CCN(CC)c1ccc2cc(/C=C/c3ccc(S(=O)(=O)[O-])c[n+]3CCCCCC(=O)NC/C=C/c3cn([C@H]4C[C@H](O)[C@@H](COP(=O)(O)OP(=O)(O)OP(=O)(O)O)O4)c(=O)[nH]c3=O)c(=O)oc2c1. The first-order valence-corrected chi connectivity index (χ1v) is 26.2. The molecule has 366 valence electrons. The van der Waals surface area contributed by atoms with Gasteiger partial charge >= 0.3 is 34.8 Å². The van der Waals surface area contributed by atoms with Crippen LogP contribution in [0.4, 0.5) is 5.69 Å². The lowest BCUT2D eigenvalue weighted by Crippen LogP contribution is -2.37. The van der Waals surface area contributed by atoms with Crippen LogP contribution >= 0.6 is 23.5 Å². The van der Waals surface area contributed by atoms with Gasteiger partial charge in [-0.1, -0.05) is 12.2 Å². The van der Waals surface area contributed by atoms with Crippen molar-refractivity contribution in [2.24, 2.45) is 0 Å². The van der Waals surface area contributed by atoms with Gasteiger partial charge in [-0.25, -0.2) is 31.7 Å². The Morgan fingerprint density at radius 2 is 1.72 bits per heavy atom. The van der Waals surface area contributed by atoms with E-state index in [1.165, 1.54) is 36.6 Å². The van der Waals surface area contributed by atoms with E-state index in [4.69, 9.17) is 18.9 Å². The molecule has 0 bridgehead atoms. The van der Waals surface area contributed by atoms with Crippen LogP contribution in [0.2, 0.25) is 0 Å². The number of hydrogen-bond donors (Lipinski definition) is 7. The van der Waals surface area contributed by atoms with Crippen LogP contribution in [0, 0.1) is 0 Å². The Balaban J connectivity index is 1.12. The molecule has 4 aromatic rings. The topological polar surface area (TPSA) is 368 Å². The maximum atomic E-state index is 12.9. The number of aromatic nitrogens is 3. The molecule has 0 radical (unpaired) electrons. The Labute approximate surface area is 381 Å². The highest BCUT2D eigenvalue weighted by Gasteiger charge is 2.43. The van der Waals surface area contributed by atoms with Crippen molar-refractivity contribution in [1.82, 2.24) is 14.9 Å². The number of aliphatic hydroxyl groups is 1. The maximum Gasteiger partial charge on any atom is 0.490 e. The van der Waals surface area contributed by atoms with Gasteiger partial charge in [0, 0.05) is 74.4 Å². The quantitative estimate of drug-likeness (QED) is 0.0184. The zero-order valence-electron chi connectivity index (χ0n) is 35.7. The number of fused-ring (bicyclic) bond motifs is 1. The average Bonchev–Trinajstić information content (AvgIpc) is 3.59. The molecule has 0 aliphatic carbocycles. The summed E-state index contributed by atoms with van der Waals surface area (Å²) in [6.45, 7) is 4.84. The molecule has 0 spiro atoms. The Bertz CT molecular complexity index is 2950. The number of phosphoric acid groups is 3. The van der Waals surface area contributed by atoms with Crippen LogP contribution in [0.3, 0.4) is 0 Å². The van der Waals surface area contributed by atoms with Crippen LogP contribution in [0.25, 0.3) is 29.2 Å². The van der Waals surface area contributed by atoms with Crippen LogP contribution in [-0.4, -0.2) is 91.6 Å². The van der Waals surface area contributed by atoms with Gasteiger partial charge in [-0.05, 0) is 57.0 Å². The zero-order valence-corrected chi connectivity index (χ0v) is 39.2. The van der Waals surface area contributed by atoms with Crippen LogP contribution in [0.5, 0.6) is 0 Å². The molecule has 1 aliphatic rings. The van der Waals surface area contributed by atoms with E-state index < -0.39 is 80.4 Å². The fourth-order valence-corrected chi connectivity index (χ4v) is 10.3. The average molecular weight is 1020 g/mol. The fraction of sp³-hybridized carbons (Fsp3) is 0.395. The van der Waals surface area contributed by atoms with Crippen molar-refractivity contribution in [1.29, 1.82) is 0 Å². The molecule has 1 aliphatic heterocycles. The van der Waals surface area contributed by atoms with Crippen molar-refractivity contribution in [3.05, 3.63) is 103 Å². The number of aromatic amines is 1. The molecule has 5 rings (SSSR count). The predicted molar refractivity (Wildman–Crippen MR) is 236 cm³/mol. The number of aryl methyl sites for hydroxylation is 1. The van der Waals surface area contributed by atoms with E-state index in [0.717, 1.165) is 29.5 Å². The lowest BCUT2D eigenvalue weighted by molar-refractivity contribution is -0.700. The van der Waals surface area contributed by atoms with Crippen LogP contribution in [0.15, 0.2) is 78.6 Å². The molecule has 1 aromatic carbocycles. The highest BCUT2D eigenvalue weighted by atomic mass is 32.2. The van der Waals surface area contributed by atoms with E-state index in [2.05, 4.69) is 28.3 Å². The van der Waals surface area contributed by atoms with E-state index in [1.54, 1.807) is 22.8 Å². The molecule has 1 saturated heterocycles. The van der Waals surface area contributed by atoms with Crippen molar-refractivity contribution in [3.63, 3.8) is 0 Å². The lowest BCUT2D eigenvalue weighted by Gasteiger charge is -2.20. The number of unbranched alkanes of at least 4 members (excludes halogenated alkanes) is 2. The van der Waals surface area contributed by atoms with Gasteiger partial charge < -0.3 is 48.6 Å². The third-order valence-electron chi connectivity index (χ3n) is 9.98. The molecule has 3 aromatic heterocycles. The standard InChI is InChI=1S/C38H48N5O20P3S/c1-3-41(4-2)29-14-11-25-19-26(37(47)61-32(25)20-29)12-13-28-15-16-30(67(56,57)58)23-42(28)18-7-5-6-10-34(45)39-17-8-9-27-22-43(38(48)40-36(27)46)35-21-31(44)33(60-35)24-59-65(52,53)63-66(54,55)62-64(49,50)51/h8-9,11-16,19-20,22-23,31,33,35,44H,3-7,10,17-18,21,24H2,1-2H3,(H6-,39,40,45,46,48,49,50,51,52,53,54,55,56,57,58)/b9-8+/t31-,33+,35+/m0/s1. The molecule has 0 saturated carbocycles. The van der Waals surface area contributed by atoms with E-state index in [1.807, 2.05) is 26.0 Å². The zero-order chi connectivity index (χ0) is 49.3. The largest absolute Gasteiger partial charge is 0.744 e. The van der Waals surface area contributed by atoms with Crippen LogP contribution < -0.4 is 31.7 Å². The molecule has 67 heavy (non-hydrogen) atoms. The number of rotatable bonds is 23. The van der Waals surface area contributed by atoms with Crippen LogP contribution in [0.1, 0.15) is 69.0 Å². The Morgan fingerprint density at radius 3 is 2.40 bits per heavy atom. The molecule has 4 heterocycles. The minimum atomic E-state index is -5.80. The van der Waals surface area contributed by atoms with Gasteiger partial charge in [0.05, 0.1) is 23.8 Å². The number of H-pyrrole nitrogens is 1. The third kappa shape index (κ3) is 15.6. The smallest absolute Gasteiger partial charge is 0.490 e. The maximum absolute atomic E-state index is 12.9. The van der Waals surface area contributed by atoms with Crippen molar-refractivity contribution in [2.45, 2.75) is 75.8 Å².